The molecule has 0 aromatic heterocycles. The Morgan fingerprint density at radius 1 is 0.604 bits per heavy atom. The molecule has 48 heavy (non-hydrogen) atoms. The van der Waals surface area contributed by atoms with Gasteiger partial charge in [0.05, 0.1) is 34.2 Å². The highest BCUT2D eigenvalue weighted by Crippen LogP contribution is 2.24. The zero-order chi connectivity index (χ0) is 34.8. The van der Waals surface area contributed by atoms with E-state index in [4.69, 9.17) is 5.73 Å². The Morgan fingerprint density at radius 3 is 1.42 bits per heavy atom. The quantitative estimate of drug-likeness (QED) is 0.0906. The number of aliphatic hydroxyl groups excluding tert-OH is 4. The van der Waals surface area contributed by atoms with Gasteiger partial charge < -0.3 is 41.3 Å². The van der Waals surface area contributed by atoms with Crippen LogP contribution in [0.2, 0.25) is 0 Å². The lowest BCUT2D eigenvalue weighted by atomic mass is 10.0. The van der Waals surface area contributed by atoms with Gasteiger partial charge in [0.25, 0.3) is 0 Å². The van der Waals surface area contributed by atoms with Crippen LogP contribution < -0.4 is 20.9 Å². The molecule has 0 radical (unpaired) electrons. The van der Waals surface area contributed by atoms with E-state index in [-0.39, 0.29) is 22.9 Å². The summed E-state index contributed by atoms with van der Waals surface area (Å²) in [6.07, 6.45) is -1.69. The van der Waals surface area contributed by atoms with Crippen molar-refractivity contribution in [2.45, 2.75) is 61.4 Å². The summed E-state index contributed by atoms with van der Waals surface area (Å²) < 4.78 is 25.9. The lowest BCUT2D eigenvalue weighted by Gasteiger charge is -2.29. The highest BCUT2D eigenvalue weighted by atomic mass is 32.2. The first-order chi connectivity index (χ1) is 22.8. The van der Waals surface area contributed by atoms with Crippen LogP contribution in [0.15, 0.2) is 107 Å². The first-order valence-corrected chi connectivity index (χ1v) is 17.6. The smallest absolute Gasteiger partial charge is 0.206 e. The van der Waals surface area contributed by atoms with Gasteiger partial charge in [-0.3, -0.25) is 0 Å². The summed E-state index contributed by atoms with van der Waals surface area (Å²) in [6.45, 7) is 6.88. The SMILES string of the molecule is CC(O)CN(CC(C)O)c1ccc(Cc2ccc(N(CC(C)O)CC(O)CNc3ccc(S(=O)(=O)c4ccc(N)cc4)cc3)cc2)cc1. The molecule has 0 heterocycles. The molecule has 0 bridgehead atoms. The number of nitrogens with zero attached hydrogens (tertiary/aromatic N) is 2. The summed E-state index contributed by atoms with van der Waals surface area (Å²) in [6, 6.07) is 28.6. The number of nitrogens with one attached hydrogen (secondary N) is 1. The van der Waals surface area contributed by atoms with Gasteiger partial charge in [-0.15, -0.1) is 0 Å². The molecule has 10 nitrogen and oxygen atoms in total. The van der Waals surface area contributed by atoms with E-state index in [1.807, 2.05) is 46.2 Å². The molecule has 0 saturated carbocycles. The zero-order valence-electron chi connectivity index (χ0n) is 27.8. The second-order valence-corrected chi connectivity index (χ2v) is 14.4. The fourth-order valence-corrected chi connectivity index (χ4v) is 6.76. The van der Waals surface area contributed by atoms with Gasteiger partial charge in [0, 0.05) is 55.5 Å². The van der Waals surface area contributed by atoms with E-state index in [1.165, 1.54) is 24.3 Å². The molecule has 4 aromatic rings. The monoisotopic (exact) mass is 676 g/mol. The molecule has 0 saturated heterocycles. The molecule has 0 aliphatic carbocycles. The van der Waals surface area contributed by atoms with Crippen molar-refractivity contribution in [2.24, 2.45) is 0 Å². The number of sulfone groups is 1. The van der Waals surface area contributed by atoms with Crippen LogP contribution in [0.1, 0.15) is 31.9 Å². The van der Waals surface area contributed by atoms with E-state index in [2.05, 4.69) is 17.4 Å². The van der Waals surface area contributed by atoms with E-state index in [0.717, 1.165) is 28.9 Å². The maximum absolute atomic E-state index is 12.9. The number of hydrogen-bond donors (Lipinski definition) is 6. The van der Waals surface area contributed by atoms with Gasteiger partial charge in [-0.05, 0) is 111 Å². The number of nitrogens with two attached hydrogens (primary N) is 1. The van der Waals surface area contributed by atoms with Crippen LogP contribution in [0.3, 0.4) is 0 Å². The summed E-state index contributed by atoms with van der Waals surface area (Å²) in [5.74, 6) is 0. The van der Waals surface area contributed by atoms with E-state index in [9.17, 15) is 28.8 Å². The molecule has 11 heteroatoms. The Balaban J connectivity index is 1.34. The number of aliphatic hydroxyl groups is 4. The molecule has 0 aliphatic heterocycles. The standard InChI is InChI=1S/C37H48N4O6S/c1-26(42)22-40(23-27(2)43)33-12-4-29(5-13-33)20-30-6-14-34(15-7-30)41(24-28(3)44)25-35(45)21-39-32-10-18-37(19-11-32)48(46,47)36-16-8-31(38)9-17-36/h4-19,26-28,35,39,42-45H,20-25,38H2,1-3H3. The molecule has 0 spiro atoms. The molecule has 0 aliphatic rings. The lowest BCUT2D eigenvalue weighted by molar-refractivity contribution is 0.174. The average Bonchev–Trinajstić information content (AvgIpc) is 3.04. The third-order valence-electron chi connectivity index (χ3n) is 7.79. The second-order valence-electron chi connectivity index (χ2n) is 12.5. The molecule has 4 unspecified atom stereocenters. The van der Waals surface area contributed by atoms with Gasteiger partial charge in [0.1, 0.15) is 0 Å². The van der Waals surface area contributed by atoms with E-state index in [1.54, 1.807) is 45.0 Å². The number of hydrogen-bond acceptors (Lipinski definition) is 10. The van der Waals surface area contributed by atoms with E-state index in [0.29, 0.717) is 31.0 Å². The minimum absolute atomic E-state index is 0.161. The van der Waals surface area contributed by atoms with Gasteiger partial charge in [-0.2, -0.15) is 0 Å². The summed E-state index contributed by atoms with van der Waals surface area (Å²) in [7, 11) is -3.68. The van der Waals surface area contributed by atoms with Crippen molar-refractivity contribution < 1.29 is 28.8 Å². The average molecular weight is 677 g/mol. The van der Waals surface area contributed by atoms with Crippen LogP contribution in [0.4, 0.5) is 22.7 Å². The number of nitrogen functional groups attached to an aromatic ring is 1. The van der Waals surface area contributed by atoms with Crippen molar-refractivity contribution in [2.75, 3.05) is 53.6 Å². The summed E-state index contributed by atoms with van der Waals surface area (Å²) in [4.78, 5) is 4.24. The fraction of sp³-hybridized carbons (Fsp3) is 0.351. The van der Waals surface area contributed by atoms with Gasteiger partial charge in [-0.25, -0.2) is 8.42 Å². The molecule has 0 fully saturated rings. The maximum atomic E-state index is 12.9. The molecule has 4 atom stereocenters. The van der Waals surface area contributed by atoms with Crippen molar-refractivity contribution in [3.05, 3.63) is 108 Å². The molecular formula is C37H48N4O6S. The van der Waals surface area contributed by atoms with Crippen LogP contribution in [0.5, 0.6) is 0 Å². The maximum Gasteiger partial charge on any atom is 0.206 e. The minimum Gasteiger partial charge on any atom is -0.399 e. The van der Waals surface area contributed by atoms with Crippen LogP contribution in [-0.2, 0) is 16.3 Å². The fourth-order valence-electron chi connectivity index (χ4n) is 5.50. The van der Waals surface area contributed by atoms with Gasteiger partial charge >= 0.3 is 0 Å². The van der Waals surface area contributed by atoms with Gasteiger partial charge in [0.2, 0.25) is 9.84 Å². The van der Waals surface area contributed by atoms with Crippen LogP contribution in [-0.4, -0.2) is 86.0 Å². The van der Waals surface area contributed by atoms with Crippen LogP contribution >= 0.6 is 0 Å². The molecule has 258 valence electrons. The molecule has 4 aromatic carbocycles. The van der Waals surface area contributed by atoms with Gasteiger partial charge in [0.15, 0.2) is 0 Å². The van der Waals surface area contributed by atoms with E-state index < -0.39 is 34.3 Å². The third-order valence-corrected chi connectivity index (χ3v) is 9.58. The first kappa shape index (κ1) is 36.7. The largest absolute Gasteiger partial charge is 0.399 e. The van der Waals surface area contributed by atoms with E-state index >= 15 is 0 Å². The van der Waals surface area contributed by atoms with Gasteiger partial charge in [-0.1, -0.05) is 24.3 Å². The number of benzene rings is 4. The zero-order valence-corrected chi connectivity index (χ0v) is 28.6. The highest BCUT2D eigenvalue weighted by Gasteiger charge is 2.19. The lowest BCUT2D eigenvalue weighted by Crippen LogP contribution is -2.39. The Hall–Kier alpha value is -4.13. The third kappa shape index (κ3) is 10.7. The normalized spacial score (nSPS) is 14.1. The molecule has 4 rings (SSSR count). The van der Waals surface area contributed by atoms with Crippen LogP contribution in [0, 0.1) is 0 Å². The van der Waals surface area contributed by atoms with Crippen molar-refractivity contribution in [1.29, 1.82) is 0 Å². The Bertz CT molecular complexity index is 1650. The second kappa shape index (κ2) is 16.8. The predicted octanol–water partition coefficient (Wildman–Crippen LogP) is 3.92. The van der Waals surface area contributed by atoms with Crippen LogP contribution in [0.25, 0.3) is 0 Å². The van der Waals surface area contributed by atoms with Crippen molar-refractivity contribution in [3.8, 4) is 0 Å². The molecular weight excluding hydrogens is 628 g/mol. The summed E-state index contributed by atoms with van der Waals surface area (Å²) in [5.41, 5.74) is 10.9. The topological polar surface area (TPSA) is 160 Å². The number of rotatable bonds is 17. The Morgan fingerprint density at radius 2 is 1.00 bits per heavy atom. The molecule has 0 amide bonds. The first-order valence-electron chi connectivity index (χ1n) is 16.1. The highest BCUT2D eigenvalue weighted by molar-refractivity contribution is 7.91. The van der Waals surface area contributed by atoms with Crippen molar-refractivity contribution >= 4 is 32.6 Å². The summed E-state index contributed by atoms with van der Waals surface area (Å²) >= 11 is 0. The van der Waals surface area contributed by atoms with Crippen molar-refractivity contribution in [3.63, 3.8) is 0 Å². The number of anilines is 4. The summed E-state index contributed by atoms with van der Waals surface area (Å²) in [5, 5.41) is 44.0. The Kier molecular flexibility index (Phi) is 12.9. The van der Waals surface area contributed by atoms with Crippen molar-refractivity contribution in [1.82, 2.24) is 0 Å². The molecule has 7 N–H and O–H groups in total. The predicted molar refractivity (Wildman–Crippen MR) is 192 cm³/mol. The minimum atomic E-state index is -3.68. The Labute approximate surface area is 284 Å².